The van der Waals surface area contributed by atoms with Crippen molar-refractivity contribution < 1.29 is 17.9 Å². The molecule has 0 saturated carbocycles. The molecule has 0 bridgehead atoms. The average Bonchev–Trinajstić information content (AvgIpc) is 2.54. The Hall–Kier alpha value is -2.21. The summed E-state index contributed by atoms with van der Waals surface area (Å²) in [5.74, 6) is 0.911. The molecule has 1 atom stereocenters. The summed E-state index contributed by atoms with van der Waals surface area (Å²) in [5, 5.41) is 0. The second-order valence-electron chi connectivity index (χ2n) is 5.59. The molecule has 1 aliphatic heterocycles. The van der Waals surface area contributed by atoms with Crippen LogP contribution in [0.1, 0.15) is 12.5 Å². The molecule has 0 fully saturated rings. The number of sulfonamides is 1. The van der Waals surface area contributed by atoms with Crippen LogP contribution in [0.3, 0.4) is 0 Å². The van der Waals surface area contributed by atoms with Crippen LogP contribution in [0.5, 0.6) is 11.5 Å². The first-order chi connectivity index (χ1) is 10.9. The van der Waals surface area contributed by atoms with E-state index in [9.17, 15) is 8.42 Å². The van der Waals surface area contributed by atoms with Crippen LogP contribution in [0.4, 0.5) is 5.69 Å². The van der Waals surface area contributed by atoms with Crippen molar-refractivity contribution in [3.05, 3.63) is 48.0 Å². The summed E-state index contributed by atoms with van der Waals surface area (Å²) in [5.41, 5.74) is 1.41. The Morgan fingerprint density at radius 2 is 1.96 bits per heavy atom. The molecule has 23 heavy (non-hydrogen) atoms. The molecule has 1 aliphatic rings. The van der Waals surface area contributed by atoms with Gasteiger partial charge in [-0.15, -0.1) is 0 Å². The minimum absolute atomic E-state index is 0.170. The molecular formula is C17H19NO4S. The van der Waals surface area contributed by atoms with Crippen LogP contribution in [-0.4, -0.2) is 28.2 Å². The fraction of sp³-hybridized carbons (Fsp3) is 0.294. The third-order valence-corrected chi connectivity index (χ3v) is 5.57. The predicted octanol–water partition coefficient (Wildman–Crippen LogP) is 2.98. The Morgan fingerprint density at radius 1 is 1.22 bits per heavy atom. The van der Waals surface area contributed by atoms with E-state index in [1.165, 1.54) is 11.4 Å². The van der Waals surface area contributed by atoms with Gasteiger partial charge in [-0.1, -0.05) is 18.2 Å². The SMILES string of the molecule is COc1ccc(C)cc1S(=O)(=O)N1CC(C)Oc2ccccc21. The summed E-state index contributed by atoms with van der Waals surface area (Å²) in [4.78, 5) is 0.170. The molecule has 1 heterocycles. The van der Waals surface area contributed by atoms with E-state index in [0.717, 1.165) is 5.56 Å². The maximum absolute atomic E-state index is 13.2. The minimum Gasteiger partial charge on any atom is -0.495 e. The minimum atomic E-state index is -3.75. The molecule has 2 aromatic rings. The third kappa shape index (κ3) is 2.74. The van der Waals surface area contributed by atoms with Gasteiger partial charge in [-0.05, 0) is 43.7 Å². The predicted molar refractivity (Wildman–Crippen MR) is 88.8 cm³/mol. The van der Waals surface area contributed by atoms with Gasteiger partial charge in [0.15, 0.2) is 0 Å². The molecule has 6 heteroatoms. The number of para-hydroxylation sites is 2. The number of fused-ring (bicyclic) bond motifs is 1. The highest BCUT2D eigenvalue weighted by atomic mass is 32.2. The van der Waals surface area contributed by atoms with Gasteiger partial charge in [0.25, 0.3) is 10.0 Å². The first-order valence-corrected chi connectivity index (χ1v) is 8.80. The molecule has 0 aromatic heterocycles. The van der Waals surface area contributed by atoms with E-state index in [2.05, 4.69) is 0 Å². The Bertz CT molecular complexity index is 832. The topological polar surface area (TPSA) is 55.8 Å². The molecule has 0 radical (unpaired) electrons. The summed E-state index contributed by atoms with van der Waals surface area (Å²) >= 11 is 0. The van der Waals surface area contributed by atoms with Crippen molar-refractivity contribution in [1.82, 2.24) is 0 Å². The van der Waals surface area contributed by atoms with Gasteiger partial charge in [0, 0.05) is 0 Å². The van der Waals surface area contributed by atoms with Crippen molar-refractivity contribution >= 4 is 15.7 Å². The van der Waals surface area contributed by atoms with Crippen molar-refractivity contribution in [3.8, 4) is 11.5 Å². The van der Waals surface area contributed by atoms with Crippen molar-refractivity contribution in [2.24, 2.45) is 0 Å². The summed E-state index contributed by atoms with van der Waals surface area (Å²) < 4.78 is 38.8. The first-order valence-electron chi connectivity index (χ1n) is 7.36. The fourth-order valence-corrected chi connectivity index (χ4v) is 4.47. The highest BCUT2D eigenvalue weighted by Gasteiger charge is 2.34. The lowest BCUT2D eigenvalue weighted by Gasteiger charge is -2.34. The monoisotopic (exact) mass is 333 g/mol. The van der Waals surface area contributed by atoms with Crippen LogP contribution in [0.25, 0.3) is 0 Å². The Morgan fingerprint density at radius 3 is 2.70 bits per heavy atom. The number of anilines is 1. The van der Waals surface area contributed by atoms with Crippen molar-refractivity contribution in [1.29, 1.82) is 0 Å². The van der Waals surface area contributed by atoms with Gasteiger partial charge in [0.2, 0.25) is 0 Å². The molecule has 122 valence electrons. The number of methoxy groups -OCH3 is 1. The maximum Gasteiger partial charge on any atom is 0.268 e. The zero-order valence-electron chi connectivity index (χ0n) is 13.3. The normalized spacial score (nSPS) is 17.3. The molecule has 0 aliphatic carbocycles. The average molecular weight is 333 g/mol. The maximum atomic E-state index is 13.2. The summed E-state index contributed by atoms with van der Waals surface area (Å²) in [6.45, 7) is 3.97. The third-order valence-electron chi connectivity index (χ3n) is 3.77. The Balaban J connectivity index is 2.16. The Kier molecular flexibility index (Phi) is 3.93. The van der Waals surface area contributed by atoms with E-state index in [-0.39, 0.29) is 17.5 Å². The van der Waals surface area contributed by atoms with Crippen LogP contribution in [-0.2, 0) is 10.0 Å². The molecule has 5 nitrogen and oxygen atoms in total. The lowest BCUT2D eigenvalue weighted by Crippen LogP contribution is -2.42. The number of hydrogen-bond acceptors (Lipinski definition) is 4. The molecule has 3 rings (SSSR count). The summed E-state index contributed by atoms with van der Waals surface area (Å²) in [6.07, 6.45) is -0.226. The van der Waals surface area contributed by atoms with Gasteiger partial charge >= 0.3 is 0 Å². The molecule has 2 aromatic carbocycles. The lowest BCUT2D eigenvalue weighted by atomic mass is 10.2. The van der Waals surface area contributed by atoms with Crippen molar-refractivity contribution in [2.45, 2.75) is 24.8 Å². The van der Waals surface area contributed by atoms with E-state index in [0.29, 0.717) is 17.2 Å². The number of ether oxygens (including phenoxy) is 2. The summed E-state index contributed by atoms with van der Waals surface area (Å²) in [6, 6.07) is 12.3. The van der Waals surface area contributed by atoms with E-state index in [4.69, 9.17) is 9.47 Å². The second kappa shape index (κ2) is 5.77. The number of nitrogens with zero attached hydrogens (tertiary/aromatic N) is 1. The number of aryl methyl sites for hydroxylation is 1. The number of benzene rings is 2. The summed E-state index contributed by atoms with van der Waals surface area (Å²) in [7, 11) is -2.27. The Labute approximate surface area is 136 Å². The van der Waals surface area contributed by atoms with Gasteiger partial charge in [-0.3, -0.25) is 4.31 Å². The smallest absolute Gasteiger partial charge is 0.268 e. The van der Waals surface area contributed by atoms with Gasteiger partial charge in [-0.25, -0.2) is 8.42 Å². The van der Waals surface area contributed by atoms with Gasteiger partial charge in [0.1, 0.15) is 22.5 Å². The number of rotatable bonds is 3. The first kappa shape index (κ1) is 15.7. The highest BCUT2D eigenvalue weighted by Crippen LogP contribution is 2.38. The fourth-order valence-electron chi connectivity index (χ4n) is 2.68. The zero-order valence-corrected chi connectivity index (χ0v) is 14.1. The molecule has 0 spiro atoms. The largest absolute Gasteiger partial charge is 0.495 e. The highest BCUT2D eigenvalue weighted by molar-refractivity contribution is 7.93. The van der Waals surface area contributed by atoms with E-state index >= 15 is 0 Å². The van der Waals surface area contributed by atoms with Crippen LogP contribution in [0, 0.1) is 6.92 Å². The van der Waals surface area contributed by atoms with Crippen molar-refractivity contribution in [2.75, 3.05) is 18.0 Å². The second-order valence-corrected chi connectivity index (χ2v) is 7.42. The van der Waals surface area contributed by atoms with Crippen LogP contribution in [0.2, 0.25) is 0 Å². The van der Waals surface area contributed by atoms with E-state index in [1.54, 1.807) is 30.3 Å². The van der Waals surface area contributed by atoms with Crippen molar-refractivity contribution in [3.63, 3.8) is 0 Å². The van der Waals surface area contributed by atoms with Crippen LogP contribution in [0.15, 0.2) is 47.4 Å². The lowest BCUT2D eigenvalue weighted by molar-refractivity contribution is 0.219. The molecule has 0 saturated heterocycles. The molecular weight excluding hydrogens is 314 g/mol. The molecule has 1 unspecified atom stereocenters. The van der Waals surface area contributed by atoms with Crippen LogP contribution < -0.4 is 13.8 Å². The standard InChI is InChI=1S/C17H19NO4S/c1-12-8-9-16(21-3)17(10-12)23(19,20)18-11-13(2)22-15-7-5-4-6-14(15)18/h4-10,13H,11H2,1-3H3. The zero-order chi connectivity index (χ0) is 16.6. The number of hydrogen-bond donors (Lipinski definition) is 0. The van der Waals surface area contributed by atoms with Gasteiger partial charge in [-0.2, -0.15) is 0 Å². The van der Waals surface area contributed by atoms with Gasteiger partial charge in [0.05, 0.1) is 19.3 Å². The van der Waals surface area contributed by atoms with E-state index < -0.39 is 10.0 Å². The quantitative estimate of drug-likeness (QED) is 0.866. The van der Waals surface area contributed by atoms with E-state index in [1.807, 2.05) is 26.0 Å². The molecule has 0 N–H and O–H groups in total. The van der Waals surface area contributed by atoms with Gasteiger partial charge < -0.3 is 9.47 Å². The van der Waals surface area contributed by atoms with Crippen LogP contribution >= 0.6 is 0 Å². The molecule has 0 amide bonds.